The Morgan fingerprint density at radius 3 is 2.92 bits per heavy atom. The third-order valence-corrected chi connectivity index (χ3v) is 2.39. The summed E-state index contributed by atoms with van der Waals surface area (Å²) in [7, 11) is 0. The summed E-state index contributed by atoms with van der Waals surface area (Å²) in [5, 5.41) is 8.66. The molecule has 1 aromatic carbocycles. The number of aromatic nitrogens is 1. The van der Waals surface area contributed by atoms with E-state index in [0.29, 0.717) is 0 Å². The molecule has 2 rings (SSSR count). The normalized spacial score (nSPS) is 9.54. The van der Waals surface area contributed by atoms with E-state index in [-0.39, 0.29) is 35.1 Å². The fraction of sp³-hybridized carbons (Fsp3) is 0. The quantitative estimate of drug-likeness (QED) is 0.711. The Morgan fingerprint density at radius 1 is 1.46 bits per heavy atom. The topological polar surface area (TPSA) is 50.2 Å². The Hall–Kier alpha value is -0.420. The number of carbonyl (C=O) groups is 1. The van der Waals surface area contributed by atoms with Crippen molar-refractivity contribution in [1.82, 2.24) is 4.98 Å². The van der Waals surface area contributed by atoms with Crippen LogP contribution in [0.2, 0.25) is 0 Å². The first-order chi connectivity index (χ1) is 5.77. The number of benzene rings is 1. The maximum atomic E-state index is 10.5. The van der Waals surface area contributed by atoms with Crippen LogP contribution >= 0.6 is 11.3 Å². The van der Waals surface area contributed by atoms with Gasteiger partial charge < -0.3 is 5.11 Å². The molecule has 0 radical (unpaired) electrons. The summed E-state index contributed by atoms with van der Waals surface area (Å²) in [6.07, 6.45) is 0. The van der Waals surface area contributed by atoms with Crippen molar-refractivity contribution in [2.45, 2.75) is 0 Å². The Bertz CT molecular complexity index is 440. The molecule has 0 aliphatic heterocycles. The number of thiazole rings is 1. The summed E-state index contributed by atoms with van der Waals surface area (Å²) in [6, 6.07) is 4.94. The van der Waals surface area contributed by atoms with Crippen molar-refractivity contribution in [2.24, 2.45) is 0 Å². The molecule has 0 saturated carbocycles. The van der Waals surface area contributed by atoms with E-state index in [0.717, 1.165) is 10.2 Å². The third-order valence-electron chi connectivity index (χ3n) is 1.58. The molecule has 3 nitrogen and oxygen atoms in total. The van der Waals surface area contributed by atoms with Crippen molar-refractivity contribution in [3.05, 3.63) is 29.3 Å². The van der Waals surface area contributed by atoms with Gasteiger partial charge in [0.1, 0.15) is 0 Å². The van der Waals surface area contributed by atoms with E-state index >= 15 is 0 Å². The van der Waals surface area contributed by atoms with Crippen molar-refractivity contribution in [3.8, 4) is 0 Å². The van der Waals surface area contributed by atoms with E-state index in [1.807, 2.05) is 0 Å². The van der Waals surface area contributed by atoms with Gasteiger partial charge in [-0.25, -0.2) is 9.78 Å². The van der Waals surface area contributed by atoms with Gasteiger partial charge in [0.2, 0.25) is 0 Å². The zero-order valence-electron chi connectivity index (χ0n) is 6.02. The molecule has 5 heteroatoms. The fourth-order valence-electron chi connectivity index (χ4n) is 0.991. The van der Waals surface area contributed by atoms with E-state index < -0.39 is 5.97 Å². The van der Waals surface area contributed by atoms with Crippen LogP contribution in [0.25, 0.3) is 10.2 Å². The first-order valence-corrected chi connectivity index (χ1v) is 4.22. The minimum absolute atomic E-state index is 0. The van der Waals surface area contributed by atoms with Crippen LogP contribution in [-0.2, 0) is 0 Å². The Labute approximate surface area is 101 Å². The molecule has 0 amide bonds. The predicted octanol–water partition coefficient (Wildman–Crippen LogP) is 1.35. The van der Waals surface area contributed by atoms with Gasteiger partial charge in [-0.05, 0) is 18.2 Å². The number of aromatic carboxylic acids is 1. The zero-order valence-corrected chi connectivity index (χ0v) is 6.84. The van der Waals surface area contributed by atoms with Crippen LogP contribution in [0.1, 0.15) is 10.4 Å². The number of hydrogen-bond donors (Lipinski definition) is 1. The summed E-state index contributed by atoms with van der Waals surface area (Å²) in [6.45, 7) is 0. The molecule has 1 heterocycles. The Kier molecular flexibility index (Phi) is 3.44. The van der Waals surface area contributed by atoms with Crippen molar-refractivity contribution < 1.29 is 9.90 Å². The number of hydrogen-bond acceptors (Lipinski definition) is 3. The first kappa shape index (κ1) is 10.7. The Balaban J connectivity index is 0.000000845. The molecular weight excluding hydrogens is 197 g/mol. The van der Waals surface area contributed by atoms with Crippen LogP contribution in [0.4, 0.5) is 0 Å². The molecule has 0 fully saturated rings. The van der Waals surface area contributed by atoms with Crippen LogP contribution in [0, 0.1) is 0 Å². The van der Waals surface area contributed by atoms with Crippen LogP contribution < -0.4 is 0 Å². The van der Waals surface area contributed by atoms with E-state index in [4.69, 9.17) is 5.11 Å². The third kappa shape index (κ3) is 2.08. The van der Waals surface area contributed by atoms with E-state index in [1.165, 1.54) is 11.3 Å². The summed E-state index contributed by atoms with van der Waals surface area (Å²) in [5.74, 6) is -0.912. The molecule has 0 aliphatic rings. The second-order valence-electron chi connectivity index (χ2n) is 2.34. The van der Waals surface area contributed by atoms with E-state index in [1.54, 1.807) is 23.7 Å². The van der Waals surface area contributed by atoms with Crippen molar-refractivity contribution in [1.29, 1.82) is 0 Å². The fourth-order valence-corrected chi connectivity index (χ4v) is 1.65. The average molecular weight is 203 g/mol. The standard InChI is InChI=1S/C8H5NO2S.Na.H/c10-8(11)5-1-2-7-6(3-5)9-4-12-7;;/h1-4H,(H,10,11);;. The van der Waals surface area contributed by atoms with Gasteiger partial charge in [-0.2, -0.15) is 0 Å². The molecule has 0 aliphatic carbocycles. The van der Waals surface area contributed by atoms with Gasteiger partial charge >= 0.3 is 35.5 Å². The molecule has 2 aromatic rings. The molecular formula is C8H6NNaO2S. The molecule has 62 valence electrons. The van der Waals surface area contributed by atoms with Gasteiger partial charge in [-0.15, -0.1) is 11.3 Å². The summed E-state index contributed by atoms with van der Waals surface area (Å²) >= 11 is 1.50. The number of rotatable bonds is 1. The van der Waals surface area contributed by atoms with Crippen molar-refractivity contribution in [3.63, 3.8) is 0 Å². The first-order valence-electron chi connectivity index (χ1n) is 3.34. The second kappa shape index (κ2) is 4.19. The van der Waals surface area contributed by atoms with Crippen LogP contribution in [0.3, 0.4) is 0 Å². The van der Waals surface area contributed by atoms with Crippen LogP contribution in [0.5, 0.6) is 0 Å². The molecule has 0 bridgehead atoms. The predicted molar refractivity (Wildman–Crippen MR) is 53.7 cm³/mol. The molecule has 1 aromatic heterocycles. The van der Waals surface area contributed by atoms with Gasteiger partial charge in [0.25, 0.3) is 0 Å². The number of carboxylic acid groups (broad SMARTS) is 1. The SMILES string of the molecule is O=C(O)c1ccc2scnc2c1.[NaH]. The number of carboxylic acids is 1. The van der Waals surface area contributed by atoms with Crippen molar-refractivity contribution >= 4 is 57.1 Å². The van der Waals surface area contributed by atoms with Gasteiger partial charge in [-0.1, -0.05) is 0 Å². The van der Waals surface area contributed by atoms with Gasteiger partial charge in [0.15, 0.2) is 0 Å². The molecule has 0 saturated heterocycles. The molecule has 0 atom stereocenters. The molecule has 0 unspecified atom stereocenters. The molecule has 1 N–H and O–H groups in total. The van der Waals surface area contributed by atoms with Crippen molar-refractivity contribution in [2.75, 3.05) is 0 Å². The zero-order chi connectivity index (χ0) is 8.55. The minimum atomic E-state index is -0.912. The molecule has 13 heavy (non-hydrogen) atoms. The number of fused-ring (bicyclic) bond motifs is 1. The van der Waals surface area contributed by atoms with Gasteiger partial charge in [0, 0.05) is 0 Å². The van der Waals surface area contributed by atoms with E-state index in [2.05, 4.69) is 4.98 Å². The second-order valence-corrected chi connectivity index (χ2v) is 3.23. The Morgan fingerprint density at radius 2 is 2.23 bits per heavy atom. The average Bonchev–Trinajstić information content (AvgIpc) is 2.49. The summed E-state index contributed by atoms with van der Waals surface area (Å²) in [4.78, 5) is 14.6. The monoisotopic (exact) mass is 203 g/mol. The van der Waals surface area contributed by atoms with Crippen LogP contribution in [-0.4, -0.2) is 45.6 Å². The summed E-state index contributed by atoms with van der Waals surface area (Å²) in [5.41, 5.74) is 2.74. The molecule has 0 spiro atoms. The van der Waals surface area contributed by atoms with Crippen LogP contribution in [0.15, 0.2) is 23.7 Å². The number of nitrogens with zero attached hydrogens (tertiary/aromatic N) is 1. The van der Waals surface area contributed by atoms with Gasteiger partial charge in [-0.3, -0.25) is 0 Å². The van der Waals surface area contributed by atoms with E-state index in [9.17, 15) is 4.79 Å². The summed E-state index contributed by atoms with van der Waals surface area (Å²) < 4.78 is 1.01. The van der Waals surface area contributed by atoms with Gasteiger partial charge in [0.05, 0.1) is 21.3 Å². The maximum absolute atomic E-state index is 10.5.